The Bertz CT molecular complexity index is 1030. The Balaban J connectivity index is 1.80. The molecule has 0 bridgehead atoms. The molecule has 0 saturated carbocycles. The number of hydrogen-bond donors (Lipinski definition) is 1. The molecule has 1 aromatic carbocycles. The monoisotopic (exact) mass is 439 g/mol. The van der Waals surface area contributed by atoms with Crippen molar-refractivity contribution in [3.8, 4) is 11.3 Å². The number of carbonyl (C=O) groups is 2. The summed E-state index contributed by atoms with van der Waals surface area (Å²) in [4.78, 5) is 31.0. The number of alkyl halides is 3. The molecule has 2 aromatic rings. The molecule has 0 unspecified atom stereocenters. The average molecular weight is 440 g/mol. The first kappa shape index (κ1) is 21.1. The number of pyridine rings is 1. The lowest BCUT2D eigenvalue weighted by molar-refractivity contribution is -0.137. The van der Waals surface area contributed by atoms with Crippen LogP contribution in [0.3, 0.4) is 0 Å². The first-order valence-electron chi connectivity index (χ1n) is 8.20. The fourth-order valence-corrected chi connectivity index (χ4v) is 3.33. The van der Waals surface area contributed by atoms with Crippen LogP contribution in [-0.2, 0) is 15.8 Å². The molecule has 0 fully saturated rings. The molecule has 2 heterocycles. The van der Waals surface area contributed by atoms with Crippen LogP contribution >= 0.6 is 23.4 Å². The number of hydrogen-bond acceptors (Lipinski definition) is 5. The van der Waals surface area contributed by atoms with E-state index in [2.05, 4.69) is 15.3 Å². The third-order valence-corrected chi connectivity index (χ3v) is 5.05. The van der Waals surface area contributed by atoms with Crippen LogP contribution in [0.5, 0.6) is 0 Å². The summed E-state index contributed by atoms with van der Waals surface area (Å²) < 4.78 is 38.2. The molecule has 29 heavy (non-hydrogen) atoms. The zero-order chi connectivity index (χ0) is 21.2. The summed E-state index contributed by atoms with van der Waals surface area (Å²) in [6.07, 6.45) is -2.23. The number of aromatic nitrogens is 1. The summed E-state index contributed by atoms with van der Waals surface area (Å²) in [5, 5.41) is 2.82. The van der Waals surface area contributed by atoms with Crippen molar-refractivity contribution in [2.45, 2.75) is 13.1 Å². The van der Waals surface area contributed by atoms with E-state index in [0.717, 1.165) is 24.0 Å². The van der Waals surface area contributed by atoms with Gasteiger partial charge in [0.25, 0.3) is 5.91 Å². The second-order valence-electron chi connectivity index (χ2n) is 6.07. The molecule has 0 spiro atoms. The van der Waals surface area contributed by atoms with Gasteiger partial charge in [-0.2, -0.15) is 13.2 Å². The lowest BCUT2D eigenvalue weighted by Crippen LogP contribution is -2.22. The Hall–Kier alpha value is -2.65. The summed E-state index contributed by atoms with van der Waals surface area (Å²) in [5.41, 5.74) is 0.676. The number of aliphatic imine (C=N–C) groups is 1. The van der Waals surface area contributed by atoms with Gasteiger partial charge in [0.2, 0.25) is 0 Å². The molecule has 1 N–H and O–H groups in total. The standard InChI is InChI=1S/C19H13ClF3N3O2S/c1-10(27)9-29-18-25-15(17(28)26-18)6-11-2-4-12(5-3-11)16-14(20)7-13(8-24-16)19(21,22)23/h2-8H,9H2,1H3,(H,25,26,28). The largest absolute Gasteiger partial charge is 0.417 e. The molecule has 0 saturated heterocycles. The van der Waals surface area contributed by atoms with Crippen LogP contribution in [0.1, 0.15) is 18.1 Å². The van der Waals surface area contributed by atoms with Crippen LogP contribution in [0.4, 0.5) is 13.2 Å². The lowest BCUT2D eigenvalue weighted by atomic mass is 10.1. The van der Waals surface area contributed by atoms with E-state index >= 15 is 0 Å². The highest BCUT2D eigenvalue weighted by molar-refractivity contribution is 8.14. The number of carbonyl (C=O) groups excluding carboxylic acids is 2. The van der Waals surface area contributed by atoms with Crippen LogP contribution in [0.25, 0.3) is 17.3 Å². The number of benzene rings is 1. The molecule has 1 amide bonds. The number of Topliss-reactive ketones (excluding diaryl/α,β-unsaturated/α-hetero) is 1. The van der Waals surface area contributed by atoms with E-state index in [-0.39, 0.29) is 33.9 Å². The first-order valence-corrected chi connectivity index (χ1v) is 9.57. The van der Waals surface area contributed by atoms with E-state index in [4.69, 9.17) is 11.6 Å². The van der Waals surface area contributed by atoms with E-state index in [0.29, 0.717) is 16.3 Å². The third kappa shape index (κ3) is 5.24. The maximum Gasteiger partial charge on any atom is 0.417 e. The van der Waals surface area contributed by atoms with Crippen LogP contribution in [0, 0.1) is 0 Å². The lowest BCUT2D eigenvalue weighted by Gasteiger charge is -2.09. The van der Waals surface area contributed by atoms with E-state index in [1.54, 1.807) is 30.3 Å². The zero-order valence-corrected chi connectivity index (χ0v) is 16.5. The summed E-state index contributed by atoms with van der Waals surface area (Å²) in [5.74, 6) is -0.204. The number of halogens is 4. The van der Waals surface area contributed by atoms with Crippen LogP contribution < -0.4 is 5.32 Å². The van der Waals surface area contributed by atoms with Crippen molar-refractivity contribution in [3.05, 3.63) is 58.4 Å². The van der Waals surface area contributed by atoms with Crippen molar-refractivity contribution in [2.75, 3.05) is 5.75 Å². The minimum atomic E-state index is -4.52. The quantitative estimate of drug-likeness (QED) is 0.708. The highest BCUT2D eigenvalue weighted by Crippen LogP contribution is 2.34. The van der Waals surface area contributed by atoms with E-state index in [9.17, 15) is 22.8 Å². The molecule has 3 rings (SSSR count). The van der Waals surface area contributed by atoms with Gasteiger partial charge in [-0.25, -0.2) is 4.99 Å². The average Bonchev–Trinajstić information content (AvgIpc) is 2.99. The Morgan fingerprint density at radius 3 is 2.55 bits per heavy atom. The van der Waals surface area contributed by atoms with Crippen molar-refractivity contribution >= 4 is 46.3 Å². The van der Waals surface area contributed by atoms with Crippen LogP contribution in [0.2, 0.25) is 5.02 Å². The topological polar surface area (TPSA) is 71.4 Å². The molecule has 1 aliphatic heterocycles. The van der Waals surface area contributed by atoms with Crippen molar-refractivity contribution in [2.24, 2.45) is 4.99 Å². The molecule has 1 aliphatic rings. The summed E-state index contributed by atoms with van der Waals surface area (Å²) in [6, 6.07) is 7.44. The van der Waals surface area contributed by atoms with Gasteiger partial charge < -0.3 is 0 Å². The van der Waals surface area contributed by atoms with Crippen LogP contribution in [-0.4, -0.2) is 27.6 Å². The molecule has 1 aromatic heterocycles. The maximum atomic E-state index is 12.7. The van der Waals surface area contributed by atoms with Crippen molar-refractivity contribution in [3.63, 3.8) is 0 Å². The Kier molecular flexibility index (Phi) is 6.09. The molecular weight excluding hydrogens is 427 g/mol. The van der Waals surface area contributed by atoms with Gasteiger partial charge in [-0.05, 0) is 24.6 Å². The predicted octanol–water partition coefficient (Wildman–Crippen LogP) is 4.57. The smallest absolute Gasteiger partial charge is 0.300 e. The Labute approximate surface area is 173 Å². The summed E-state index contributed by atoms with van der Waals surface area (Å²) >= 11 is 7.10. The van der Waals surface area contributed by atoms with Gasteiger partial charge in [0.05, 0.1) is 22.0 Å². The summed E-state index contributed by atoms with van der Waals surface area (Å²) in [6.45, 7) is 1.44. The summed E-state index contributed by atoms with van der Waals surface area (Å²) in [7, 11) is 0. The van der Waals surface area contributed by atoms with E-state index in [1.165, 1.54) is 6.92 Å². The SMILES string of the molecule is CC(=O)CSC1=NC(=Cc2ccc(-c3ncc(C(F)(F)F)cc3Cl)cc2)C(=O)N1. The predicted molar refractivity (Wildman–Crippen MR) is 106 cm³/mol. The Morgan fingerprint density at radius 1 is 1.28 bits per heavy atom. The fraction of sp³-hybridized carbons (Fsp3) is 0.158. The maximum absolute atomic E-state index is 12.7. The number of rotatable bonds is 4. The molecule has 150 valence electrons. The molecule has 0 aliphatic carbocycles. The number of amides is 1. The number of amidine groups is 1. The fourth-order valence-electron chi connectivity index (χ4n) is 2.39. The van der Waals surface area contributed by atoms with Gasteiger partial charge >= 0.3 is 6.18 Å². The van der Waals surface area contributed by atoms with Gasteiger partial charge in [-0.3, -0.25) is 19.9 Å². The minimum absolute atomic E-state index is 0.0319. The van der Waals surface area contributed by atoms with E-state index in [1.807, 2.05) is 0 Å². The third-order valence-electron chi connectivity index (χ3n) is 3.74. The van der Waals surface area contributed by atoms with Gasteiger partial charge in [0.1, 0.15) is 11.5 Å². The minimum Gasteiger partial charge on any atom is -0.300 e. The number of nitrogens with one attached hydrogen (secondary N) is 1. The van der Waals surface area contributed by atoms with Gasteiger partial charge in [0.15, 0.2) is 5.17 Å². The van der Waals surface area contributed by atoms with Crippen molar-refractivity contribution < 1.29 is 22.8 Å². The normalized spacial score (nSPS) is 15.4. The zero-order valence-electron chi connectivity index (χ0n) is 14.9. The molecular formula is C19H13ClF3N3O2S. The van der Waals surface area contributed by atoms with Crippen LogP contribution in [0.15, 0.2) is 47.2 Å². The second kappa shape index (κ2) is 8.38. The molecule has 0 atom stereocenters. The Morgan fingerprint density at radius 2 is 1.97 bits per heavy atom. The van der Waals surface area contributed by atoms with Crippen molar-refractivity contribution in [1.29, 1.82) is 0 Å². The number of ketones is 1. The van der Waals surface area contributed by atoms with Crippen molar-refractivity contribution in [1.82, 2.24) is 10.3 Å². The highest BCUT2D eigenvalue weighted by Gasteiger charge is 2.31. The molecule has 10 heteroatoms. The van der Waals surface area contributed by atoms with Gasteiger partial charge in [-0.1, -0.05) is 47.6 Å². The molecule has 5 nitrogen and oxygen atoms in total. The molecule has 0 radical (unpaired) electrons. The highest BCUT2D eigenvalue weighted by atomic mass is 35.5. The van der Waals surface area contributed by atoms with Gasteiger partial charge in [-0.15, -0.1) is 0 Å². The van der Waals surface area contributed by atoms with Gasteiger partial charge in [0, 0.05) is 11.8 Å². The number of nitrogens with zero attached hydrogens (tertiary/aromatic N) is 2. The first-order chi connectivity index (χ1) is 13.6. The number of thioether (sulfide) groups is 1. The van der Waals surface area contributed by atoms with E-state index < -0.39 is 11.7 Å². The second-order valence-corrected chi connectivity index (χ2v) is 7.44.